The number of aromatic nitrogens is 2. The topological polar surface area (TPSA) is 68.9 Å². The lowest BCUT2D eigenvalue weighted by Crippen LogP contribution is -2.12. The molecule has 0 bridgehead atoms. The number of hydrogen-bond donors (Lipinski definition) is 2. The Morgan fingerprint density at radius 2 is 2.38 bits per heavy atom. The van der Waals surface area contributed by atoms with Gasteiger partial charge in [0.2, 0.25) is 0 Å². The molecule has 0 radical (unpaired) electrons. The lowest BCUT2D eigenvalue weighted by Gasteiger charge is -2.11. The van der Waals surface area contributed by atoms with Gasteiger partial charge >= 0.3 is 0 Å². The van der Waals surface area contributed by atoms with Crippen LogP contribution < -0.4 is 5.73 Å². The van der Waals surface area contributed by atoms with Gasteiger partial charge in [-0.1, -0.05) is 6.92 Å². The molecule has 0 amide bonds. The number of nitrogens with two attached hydrogens (primary N) is 1. The molecule has 0 aliphatic rings. The van der Waals surface area contributed by atoms with Crippen molar-refractivity contribution in [3.63, 3.8) is 0 Å². The number of nitrogens with zero attached hydrogens (tertiary/aromatic N) is 2. The third kappa shape index (κ3) is 3.68. The minimum Gasteiger partial charge on any atom is -0.383 e. The number of thiol groups is 1. The van der Waals surface area contributed by atoms with Gasteiger partial charge in [-0.15, -0.1) is 24.4 Å². The number of rotatable bonds is 5. The molecule has 1 unspecified atom stereocenters. The lowest BCUT2D eigenvalue weighted by atomic mass is 10.2. The maximum atomic E-state index is 11.2. The van der Waals surface area contributed by atoms with Crippen molar-refractivity contribution in [2.75, 3.05) is 5.73 Å². The van der Waals surface area contributed by atoms with Gasteiger partial charge in [0.1, 0.15) is 11.6 Å². The summed E-state index contributed by atoms with van der Waals surface area (Å²) in [5.74, 6) is 1.28. The lowest BCUT2D eigenvalue weighted by molar-refractivity contribution is -0.116. The van der Waals surface area contributed by atoms with Crippen LogP contribution in [-0.4, -0.2) is 21.0 Å². The molecule has 88 valence electrons. The van der Waals surface area contributed by atoms with Crippen LogP contribution in [0, 0.1) is 0 Å². The first-order chi connectivity index (χ1) is 7.54. The third-order valence-corrected chi connectivity index (χ3v) is 3.91. The zero-order valence-corrected chi connectivity index (χ0v) is 11.0. The number of carbonyl (C=O) groups excluding carboxylic acids is 1. The van der Waals surface area contributed by atoms with Gasteiger partial charge in [-0.2, -0.15) is 0 Å². The number of thioether (sulfide) groups is 1. The Balaban J connectivity index is 2.63. The van der Waals surface area contributed by atoms with E-state index in [-0.39, 0.29) is 11.0 Å². The summed E-state index contributed by atoms with van der Waals surface area (Å²) < 4.78 is 0. The molecule has 0 aliphatic heterocycles. The molecule has 1 heterocycles. The zero-order valence-electron chi connectivity index (χ0n) is 9.30. The van der Waals surface area contributed by atoms with Crippen molar-refractivity contribution < 1.29 is 4.79 Å². The average Bonchev–Trinajstić information content (AvgIpc) is 2.21. The van der Waals surface area contributed by atoms with Crippen molar-refractivity contribution in [2.24, 2.45) is 0 Å². The predicted molar refractivity (Wildman–Crippen MR) is 69.8 cm³/mol. The number of anilines is 1. The summed E-state index contributed by atoms with van der Waals surface area (Å²) in [6.45, 7) is 3.60. The Bertz CT molecular complexity index is 384. The average molecular weight is 257 g/mol. The fourth-order valence-electron chi connectivity index (χ4n) is 1.23. The van der Waals surface area contributed by atoms with Gasteiger partial charge in [0.05, 0.1) is 5.25 Å². The van der Waals surface area contributed by atoms with Gasteiger partial charge in [0, 0.05) is 17.5 Å². The Morgan fingerprint density at radius 3 is 2.88 bits per heavy atom. The molecule has 0 aromatic carbocycles. The van der Waals surface area contributed by atoms with Gasteiger partial charge in [0.25, 0.3) is 0 Å². The molecule has 0 fully saturated rings. The summed E-state index contributed by atoms with van der Waals surface area (Å²) in [6.07, 6.45) is 2.48. The molecule has 2 N–H and O–H groups in total. The van der Waals surface area contributed by atoms with Gasteiger partial charge in [-0.25, -0.2) is 9.97 Å². The van der Waals surface area contributed by atoms with E-state index in [4.69, 9.17) is 5.73 Å². The van der Waals surface area contributed by atoms with Gasteiger partial charge in [0.15, 0.2) is 5.16 Å². The largest absolute Gasteiger partial charge is 0.383 e. The monoisotopic (exact) mass is 257 g/mol. The van der Waals surface area contributed by atoms with Crippen molar-refractivity contribution in [2.45, 2.75) is 36.4 Å². The van der Waals surface area contributed by atoms with Crippen LogP contribution in [0.3, 0.4) is 0 Å². The van der Waals surface area contributed by atoms with Crippen LogP contribution in [-0.2, 0) is 10.5 Å². The zero-order chi connectivity index (χ0) is 12.1. The number of ketones is 1. The van der Waals surface area contributed by atoms with E-state index in [9.17, 15) is 4.79 Å². The number of nitrogen functional groups attached to an aromatic ring is 1. The second-order valence-electron chi connectivity index (χ2n) is 3.40. The second-order valence-corrected chi connectivity index (χ2v) is 4.99. The van der Waals surface area contributed by atoms with E-state index in [2.05, 4.69) is 22.6 Å². The molecule has 6 heteroatoms. The second kappa shape index (κ2) is 6.10. The highest BCUT2D eigenvalue weighted by atomic mass is 32.2. The minimum atomic E-state index is 0.0232. The van der Waals surface area contributed by atoms with E-state index in [0.717, 1.165) is 12.0 Å². The highest BCUT2D eigenvalue weighted by molar-refractivity contribution is 7.99. The van der Waals surface area contributed by atoms with Crippen LogP contribution in [0.5, 0.6) is 0 Å². The van der Waals surface area contributed by atoms with Crippen molar-refractivity contribution >= 4 is 36.0 Å². The smallest absolute Gasteiger partial charge is 0.186 e. The maximum absolute atomic E-state index is 11.2. The molecule has 4 nitrogen and oxygen atoms in total. The molecule has 16 heavy (non-hydrogen) atoms. The fourth-order valence-corrected chi connectivity index (χ4v) is 2.47. The highest BCUT2D eigenvalue weighted by Gasteiger charge is 2.13. The van der Waals surface area contributed by atoms with Gasteiger partial charge in [-0.05, 0) is 13.3 Å². The number of carbonyl (C=O) groups is 1. The summed E-state index contributed by atoms with van der Waals surface area (Å²) in [4.78, 5) is 19.2. The first kappa shape index (κ1) is 13.3. The minimum absolute atomic E-state index is 0.0232. The molecule has 0 saturated carbocycles. The van der Waals surface area contributed by atoms with Crippen LogP contribution in [0.25, 0.3) is 0 Å². The standard InChI is InChI=1S/C10H15N3OS2/c1-3-8(6(2)14)16-5-7-4-12-10(15)13-9(7)11/h4,8H,3,5H2,1-2H3,(H3,11,12,13,15). The van der Waals surface area contributed by atoms with E-state index in [0.29, 0.717) is 16.7 Å². The van der Waals surface area contributed by atoms with Gasteiger partial charge < -0.3 is 5.73 Å². The first-order valence-corrected chi connectivity index (χ1v) is 6.46. The van der Waals surface area contributed by atoms with Crippen LogP contribution in [0.1, 0.15) is 25.8 Å². The Morgan fingerprint density at radius 1 is 1.69 bits per heavy atom. The van der Waals surface area contributed by atoms with Gasteiger partial charge in [-0.3, -0.25) is 4.79 Å². The molecule has 1 aromatic rings. The molecular formula is C10H15N3OS2. The van der Waals surface area contributed by atoms with E-state index in [1.807, 2.05) is 6.92 Å². The Labute approximate surface area is 105 Å². The molecule has 0 saturated heterocycles. The predicted octanol–water partition coefficient (Wildman–Crippen LogP) is 1.95. The van der Waals surface area contributed by atoms with E-state index in [1.165, 1.54) is 0 Å². The molecule has 1 aromatic heterocycles. The summed E-state index contributed by atoms with van der Waals surface area (Å²) in [6, 6.07) is 0. The SMILES string of the molecule is CCC(SCc1cnc(S)nc1N)C(C)=O. The van der Waals surface area contributed by atoms with Crippen molar-refractivity contribution in [1.29, 1.82) is 0 Å². The molecule has 0 spiro atoms. The van der Waals surface area contributed by atoms with Crippen molar-refractivity contribution in [1.82, 2.24) is 9.97 Å². The van der Waals surface area contributed by atoms with Crippen molar-refractivity contribution in [3.8, 4) is 0 Å². The summed E-state index contributed by atoms with van der Waals surface area (Å²) in [5, 5.41) is 0.389. The van der Waals surface area contributed by atoms with Crippen LogP contribution in [0.2, 0.25) is 0 Å². The van der Waals surface area contributed by atoms with Crippen LogP contribution in [0.4, 0.5) is 5.82 Å². The summed E-state index contributed by atoms with van der Waals surface area (Å²) in [7, 11) is 0. The highest BCUT2D eigenvalue weighted by Crippen LogP contribution is 2.23. The number of hydrogen-bond acceptors (Lipinski definition) is 6. The van der Waals surface area contributed by atoms with E-state index in [1.54, 1.807) is 24.9 Å². The Hall–Kier alpha value is -0.750. The molecule has 1 rings (SSSR count). The fraction of sp³-hybridized carbons (Fsp3) is 0.500. The van der Waals surface area contributed by atoms with E-state index >= 15 is 0 Å². The maximum Gasteiger partial charge on any atom is 0.186 e. The summed E-state index contributed by atoms with van der Waals surface area (Å²) in [5.41, 5.74) is 6.58. The first-order valence-electron chi connectivity index (χ1n) is 4.97. The Kier molecular flexibility index (Phi) is 5.08. The van der Waals surface area contributed by atoms with Crippen LogP contribution in [0.15, 0.2) is 11.4 Å². The summed E-state index contributed by atoms with van der Waals surface area (Å²) >= 11 is 5.57. The molecule has 0 aliphatic carbocycles. The molecule has 1 atom stereocenters. The van der Waals surface area contributed by atoms with Crippen molar-refractivity contribution in [3.05, 3.63) is 11.8 Å². The third-order valence-electron chi connectivity index (χ3n) is 2.15. The van der Waals surface area contributed by atoms with E-state index < -0.39 is 0 Å². The number of Topliss-reactive ketones (excluding diaryl/α,β-unsaturated/α-hetero) is 1. The normalized spacial score (nSPS) is 12.4. The van der Waals surface area contributed by atoms with Crippen LogP contribution >= 0.6 is 24.4 Å². The molecular weight excluding hydrogens is 242 g/mol. The quantitative estimate of drug-likeness (QED) is 0.623.